The Balaban J connectivity index is 1.94. The summed E-state index contributed by atoms with van der Waals surface area (Å²) in [4.78, 5) is 44.8. The Bertz CT molecular complexity index is 1040. The molecule has 14 heteroatoms. The lowest BCUT2D eigenvalue weighted by Crippen LogP contribution is -2.48. The number of ether oxygens (including phenoxy) is 3. The Morgan fingerprint density at radius 3 is 2.78 bits per heavy atom. The van der Waals surface area contributed by atoms with Crippen LogP contribution in [0.3, 0.4) is 0 Å². The van der Waals surface area contributed by atoms with Crippen LogP contribution in [0.4, 0.5) is 10.7 Å². The zero-order valence-electron chi connectivity index (χ0n) is 17.6. The van der Waals surface area contributed by atoms with Gasteiger partial charge in [-0.2, -0.15) is 4.98 Å². The molecule has 1 fully saturated rings. The number of rotatable bonds is 7. The number of amides is 1. The van der Waals surface area contributed by atoms with Crippen molar-refractivity contribution in [3.63, 3.8) is 0 Å². The molecule has 13 nitrogen and oxygen atoms in total. The van der Waals surface area contributed by atoms with E-state index in [9.17, 15) is 24.6 Å². The van der Waals surface area contributed by atoms with Crippen molar-refractivity contribution in [3.8, 4) is 0 Å². The zero-order valence-corrected chi connectivity index (χ0v) is 18.4. The highest BCUT2D eigenvalue weighted by Crippen LogP contribution is 2.34. The van der Waals surface area contributed by atoms with Crippen LogP contribution in [0.15, 0.2) is 11.0 Å². The van der Waals surface area contributed by atoms with Gasteiger partial charge in [-0.1, -0.05) is 25.2 Å². The number of esters is 1. The summed E-state index contributed by atoms with van der Waals surface area (Å²) in [5.74, 6) is -1.34. The normalized spacial score (nSPS) is 23.9. The molecule has 1 aliphatic rings. The molecule has 1 amide bonds. The highest BCUT2D eigenvalue weighted by atomic mass is 32.1. The van der Waals surface area contributed by atoms with Crippen LogP contribution in [-0.2, 0) is 19.0 Å². The second-order valence-electron chi connectivity index (χ2n) is 7.38. The van der Waals surface area contributed by atoms with E-state index >= 15 is 0 Å². The summed E-state index contributed by atoms with van der Waals surface area (Å²) in [5, 5.41) is 22.6. The number of hydrogen-bond acceptors (Lipinski definition) is 12. The quantitative estimate of drug-likeness (QED) is 0.376. The number of carbonyl (C=O) groups is 2. The molecule has 0 bridgehead atoms. The van der Waals surface area contributed by atoms with Crippen molar-refractivity contribution in [2.45, 2.75) is 51.4 Å². The number of aliphatic hydroxyl groups excluding tert-OH is 2. The van der Waals surface area contributed by atoms with Crippen molar-refractivity contribution < 1.29 is 34.0 Å². The van der Waals surface area contributed by atoms with E-state index in [1.165, 1.54) is 6.20 Å². The van der Waals surface area contributed by atoms with E-state index < -0.39 is 54.1 Å². The number of nitrogen functional groups attached to an aromatic ring is 1. The molecule has 3 heterocycles. The molecule has 5 N–H and O–H groups in total. The minimum atomic E-state index is -1.45. The van der Waals surface area contributed by atoms with E-state index in [2.05, 4.69) is 15.3 Å². The number of aliphatic hydroxyl groups is 2. The number of fused-ring (bicyclic) bond motifs is 1. The van der Waals surface area contributed by atoms with E-state index in [4.69, 9.17) is 19.9 Å². The molecule has 1 saturated heterocycles. The lowest BCUT2D eigenvalue weighted by atomic mass is 10.0. The Morgan fingerprint density at radius 2 is 2.16 bits per heavy atom. The molecule has 2 aromatic heterocycles. The first kappa shape index (κ1) is 23.8. The van der Waals surface area contributed by atoms with Crippen molar-refractivity contribution in [2.75, 3.05) is 18.9 Å². The average Bonchev–Trinajstić information content (AvgIpc) is 3.21. The van der Waals surface area contributed by atoms with Gasteiger partial charge in [0, 0.05) is 0 Å². The number of thiazole rings is 1. The fourth-order valence-corrected chi connectivity index (χ4v) is 4.10. The first-order valence-electron chi connectivity index (χ1n) is 9.89. The SMILES string of the molecule is CCOC(=O)N[C@H](C(=O)O[C@@H]1[C@@H](O)[C@@H](CO)O[C@H]1n1c(=O)sc2cnc(N)nc21)C(C)C. The van der Waals surface area contributed by atoms with Crippen LogP contribution >= 0.6 is 11.3 Å². The topological polar surface area (TPSA) is 188 Å². The first-order valence-corrected chi connectivity index (χ1v) is 10.7. The number of anilines is 1. The lowest BCUT2D eigenvalue weighted by molar-refractivity contribution is -0.162. The third-order valence-corrected chi connectivity index (χ3v) is 5.73. The van der Waals surface area contributed by atoms with Crippen molar-refractivity contribution in [1.29, 1.82) is 0 Å². The smallest absolute Gasteiger partial charge is 0.407 e. The van der Waals surface area contributed by atoms with Crippen LogP contribution in [0.2, 0.25) is 0 Å². The predicted molar refractivity (Wildman–Crippen MR) is 112 cm³/mol. The molecular formula is C18H25N5O8S. The molecule has 176 valence electrons. The van der Waals surface area contributed by atoms with Crippen LogP contribution < -0.4 is 15.9 Å². The lowest BCUT2D eigenvalue weighted by Gasteiger charge is -2.26. The van der Waals surface area contributed by atoms with Crippen molar-refractivity contribution >= 4 is 39.7 Å². The van der Waals surface area contributed by atoms with Gasteiger partial charge in [0.15, 0.2) is 18.0 Å². The number of carbonyl (C=O) groups excluding carboxylic acids is 2. The Hall–Kier alpha value is -2.81. The minimum Gasteiger partial charge on any atom is -0.453 e. The van der Waals surface area contributed by atoms with Gasteiger partial charge in [-0.15, -0.1) is 0 Å². The third kappa shape index (κ3) is 4.67. The summed E-state index contributed by atoms with van der Waals surface area (Å²) >= 11 is 0.819. The van der Waals surface area contributed by atoms with Crippen LogP contribution in [0.5, 0.6) is 0 Å². The largest absolute Gasteiger partial charge is 0.453 e. The van der Waals surface area contributed by atoms with Gasteiger partial charge in [0.2, 0.25) is 5.95 Å². The Labute approximate surface area is 186 Å². The van der Waals surface area contributed by atoms with E-state index in [1.54, 1.807) is 20.8 Å². The van der Waals surface area contributed by atoms with Gasteiger partial charge >= 0.3 is 16.9 Å². The van der Waals surface area contributed by atoms with E-state index in [1.807, 2.05) is 0 Å². The van der Waals surface area contributed by atoms with Gasteiger partial charge in [0.05, 0.1) is 24.1 Å². The summed E-state index contributed by atoms with van der Waals surface area (Å²) in [7, 11) is 0. The highest BCUT2D eigenvalue weighted by Gasteiger charge is 2.49. The van der Waals surface area contributed by atoms with Crippen LogP contribution in [0.1, 0.15) is 27.0 Å². The molecule has 0 aliphatic carbocycles. The van der Waals surface area contributed by atoms with Crippen LogP contribution in [-0.4, -0.2) is 74.4 Å². The maximum atomic E-state index is 12.9. The highest BCUT2D eigenvalue weighted by molar-refractivity contribution is 7.16. The fourth-order valence-electron chi connectivity index (χ4n) is 3.28. The molecule has 0 aromatic carbocycles. The number of nitrogens with two attached hydrogens (primary N) is 1. The summed E-state index contributed by atoms with van der Waals surface area (Å²) in [5.41, 5.74) is 5.77. The summed E-state index contributed by atoms with van der Waals surface area (Å²) in [6.07, 6.45) is -4.69. The van der Waals surface area contributed by atoms with Gasteiger partial charge in [0.1, 0.15) is 18.2 Å². The molecule has 0 unspecified atom stereocenters. The molecule has 2 aromatic rings. The van der Waals surface area contributed by atoms with Gasteiger partial charge in [-0.05, 0) is 12.8 Å². The zero-order chi connectivity index (χ0) is 23.6. The Kier molecular flexibility index (Phi) is 7.28. The summed E-state index contributed by atoms with van der Waals surface area (Å²) in [6.45, 7) is 4.51. The van der Waals surface area contributed by atoms with E-state index in [-0.39, 0.29) is 24.1 Å². The molecule has 1 aliphatic heterocycles. The molecule has 0 spiro atoms. The molecule has 0 saturated carbocycles. The van der Waals surface area contributed by atoms with Gasteiger partial charge in [0.25, 0.3) is 0 Å². The average molecular weight is 471 g/mol. The summed E-state index contributed by atoms with van der Waals surface area (Å²) < 4.78 is 17.5. The number of nitrogens with one attached hydrogen (secondary N) is 1. The predicted octanol–water partition coefficient (Wildman–Crippen LogP) is -0.632. The second-order valence-corrected chi connectivity index (χ2v) is 8.37. The minimum absolute atomic E-state index is 0.0895. The maximum absolute atomic E-state index is 12.9. The maximum Gasteiger partial charge on any atom is 0.407 e. The number of alkyl carbamates (subject to hydrolysis) is 1. The second kappa shape index (κ2) is 9.77. The molecule has 5 atom stereocenters. The van der Waals surface area contributed by atoms with Gasteiger partial charge < -0.3 is 35.5 Å². The van der Waals surface area contributed by atoms with Crippen molar-refractivity contribution in [1.82, 2.24) is 19.9 Å². The van der Waals surface area contributed by atoms with Crippen LogP contribution in [0, 0.1) is 5.92 Å². The molecule has 3 rings (SSSR count). The monoisotopic (exact) mass is 471 g/mol. The first-order chi connectivity index (χ1) is 15.2. The number of hydrogen-bond donors (Lipinski definition) is 4. The van der Waals surface area contributed by atoms with Crippen molar-refractivity contribution in [3.05, 3.63) is 15.9 Å². The van der Waals surface area contributed by atoms with Gasteiger partial charge in [-0.25, -0.2) is 14.6 Å². The van der Waals surface area contributed by atoms with E-state index in [0.717, 1.165) is 15.9 Å². The molecule has 0 radical (unpaired) electrons. The third-order valence-electron chi connectivity index (χ3n) is 4.85. The van der Waals surface area contributed by atoms with E-state index in [0.29, 0.717) is 4.70 Å². The molecular weight excluding hydrogens is 446 g/mol. The Morgan fingerprint density at radius 1 is 1.44 bits per heavy atom. The van der Waals surface area contributed by atoms with Crippen LogP contribution in [0.25, 0.3) is 10.3 Å². The number of nitrogens with zero attached hydrogens (tertiary/aromatic N) is 3. The fraction of sp³-hybridized carbons (Fsp3) is 0.611. The number of aromatic nitrogens is 3. The standard InChI is InChI=1S/C18H25N5O8S/c1-4-29-17(27)21-10(7(2)3)15(26)31-12-11(25)8(6-24)30-14(12)23-13-9(32-18(23)28)5-20-16(19)22-13/h5,7-8,10-12,14,24-25H,4,6H2,1-3H3,(H,21,27)(H2,19,20,22)/t8-,10+,11+,12-,14-/m1/s1. The van der Waals surface area contributed by atoms with Gasteiger partial charge in [-0.3, -0.25) is 9.36 Å². The summed E-state index contributed by atoms with van der Waals surface area (Å²) in [6, 6.07) is -1.09. The van der Waals surface area contributed by atoms with Crippen molar-refractivity contribution in [2.24, 2.45) is 5.92 Å². The molecule has 32 heavy (non-hydrogen) atoms.